The number of hydrogen-bond donors (Lipinski definition) is 1. The molecule has 0 unspecified atom stereocenters. The summed E-state index contributed by atoms with van der Waals surface area (Å²) in [4.78, 5) is 24.7. The van der Waals surface area contributed by atoms with Crippen LogP contribution in [0.15, 0.2) is 33.5 Å². The highest BCUT2D eigenvalue weighted by molar-refractivity contribution is 5.91. The Hall–Kier alpha value is -2.14. The molecule has 0 spiro atoms. The van der Waals surface area contributed by atoms with Crippen molar-refractivity contribution in [1.29, 1.82) is 0 Å². The molecule has 5 nitrogen and oxygen atoms in total. The second-order valence-corrected chi connectivity index (χ2v) is 4.59. The quantitative estimate of drug-likeness (QED) is 0.848. The van der Waals surface area contributed by atoms with Gasteiger partial charge in [-0.05, 0) is 30.8 Å². The fourth-order valence-corrected chi connectivity index (χ4v) is 2.11. The third-order valence-electron chi connectivity index (χ3n) is 3.33. The van der Waals surface area contributed by atoms with Gasteiger partial charge in [0.2, 0.25) is 0 Å². The van der Waals surface area contributed by atoms with E-state index in [1.54, 1.807) is 12.1 Å². The Morgan fingerprint density at radius 1 is 1.25 bits per heavy atom. The largest absolute Gasteiger partial charge is 0.477 e. The molecular formula is C15H17NO4. The summed E-state index contributed by atoms with van der Waals surface area (Å²) in [6.45, 7) is 6.83. The van der Waals surface area contributed by atoms with E-state index in [1.807, 2.05) is 6.07 Å². The summed E-state index contributed by atoms with van der Waals surface area (Å²) >= 11 is 0. The van der Waals surface area contributed by atoms with Gasteiger partial charge in [-0.3, -0.25) is 4.90 Å². The van der Waals surface area contributed by atoms with E-state index in [1.165, 1.54) is 6.07 Å². The van der Waals surface area contributed by atoms with Crippen molar-refractivity contribution in [2.75, 3.05) is 13.1 Å². The van der Waals surface area contributed by atoms with Crippen LogP contribution < -0.4 is 5.63 Å². The highest BCUT2D eigenvalue weighted by Gasteiger charge is 2.12. The van der Waals surface area contributed by atoms with Crippen molar-refractivity contribution in [1.82, 2.24) is 4.90 Å². The Kier molecular flexibility index (Phi) is 4.20. The molecule has 0 radical (unpaired) electrons. The van der Waals surface area contributed by atoms with Gasteiger partial charge >= 0.3 is 11.6 Å². The van der Waals surface area contributed by atoms with Crippen molar-refractivity contribution in [2.45, 2.75) is 20.4 Å². The summed E-state index contributed by atoms with van der Waals surface area (Å²) < 4.78 is 5.09. The number of benzene rings is 1. The van der Waals surface area contributed by atoms with E-state index < -0.39 is 11.6 Å². The molecule has 1 aromatic carbocycles. The van der Waals surface area contributed by atoms with Crippen molar-refractivity contribution < 1.29 is 14.3 Å². The first-order chi connectivity index (χ1) is 9.55. The van der Waals surface area contributed by atoms with Crippen molar-refractivity contribution in [3.8, 4) is 0 Å². The van der Waals surface area contributed by atoms with Crippen LogP contribution in [0, 0.1) is 0 Å². The van der Waals surface area contributed by atoms with Gasteiger partial charge in [0, 0.05) is 11.9 Å². The number of rotatable bonds is 5. The van der Waals surface area contributed by atoms with Gasteiger partial charge < -0.3 is 9.52 Å². The van der Waals surface area contributed by atoms with Gasteiger partial charge in [0.25, 0.3) is 0 Å². The molecule has 20 heavy (non-hydrogen) atoms. The Balaban J connectivity index is 2.42. The maximum Gasteiger partial charge on any atom is 0.351 e. The molecule has 0 aliphatic carbocycles. The van der Waals surface area contributed by atoms with E-state index in [4.69, 9.17) is 9.52 Å². The van der Waals surface area contributed by atoms with E-state index in [0.717, 1.165) is 25.2 Å². The zero-order chi connectivity index (χ0) is 14.7. The van der Waals surface area contributed by atoms with Gasteiger partial charge in [-0.25, -0.2) is 9.59 Å². The van der Waals surface area contributed by atoms with Gasteiger partial charge in [-0.2, -0.15) is 0 Å². The minimum atomic E-state index is -1.27. The number of carboxylic acid groups (broad SMARTS) is 1. The molecule has 0 atom stereocenters. The van der Waals surface area contributed by atoms with Crippen LogP contribution in [0.25, 0.3) is 11.0 Å². The van der Waals surface area contributed by atoms with Crippen molar-refractivity contribution >= 4 is 16.9 Å². The number of carboxylic acids is 1. The Morgan fingerprint density at radius 2 is 1.95 bits per heavy atom. The van der Waals surface area contributed by atoms with Crippen molar-refractivity contribution in [3.63, 3.8) is 0 Å². The monoisotopic (exact) mass is 275 g/mol. The molecule has 2 rings (SSSR count). The van der Waals surface area contributed by atoms with Gasteiger partial charge in [0.05, 0.1) is 0 Å². The number of aromatic carboxylic acids is 1. The fourth-order valence-electron chi connectivity index (χ4n) is 2.11. The first-order valence-corrected chi connectivity index (χ1v) is 6.57. The third kappa shape index (κ3) is 2.88. The first kappa shape index (κ1) is 14.3. The Bertz CT molecular complexity index is 686. The van der Waals surface area contributed by atoms with E-state index in [9.17, 15) is 9.59 Å². The molecule has 1 heterocycles. The second kappa shape index (κ2) is 5.88. The highest BCUT2D eigenvalue weighted by Crippen LogP contribution is 2.17. The van der Waals surface area contributed by atoms with Gasteiger partial charge in [0.15, 0.2) is 0 Å². The van der Waals surface area contributed by atoms with Crippen molar-refractivity contribution in [2.24, 2.45) is 0 Å². The van der Waals surface area contributed by atoms with Crippen LogP contribution in [0.5, 0.6) is 0 Å². The summed E-state index contributed by atoms with van der Waals surface area (Å²) in [7, 11) is 0. The van der Waals surface area contributed by atoms with E-state index >= 15 is 0 Å². The smallest absolute Gasteiger partial charge is 0.351 e. The maximum absolute atomic E-state index is 11.6. The molecule has 0 saturated heterocycles. The Labute approximate surface area is 116 Å². The first-order valence-electron chi connectivity index (χ1n) is 6.57. The minimum absolute atomic E-state index is 0.339. The molecule has 1 aromatic heterocycles. The van der Waals surface area contributed by atoms with Crippen LogP contribution in [-0.4, -0.2) is 29.1 Å². The van der Waals surface area contributed by atoms with Gasteiger partial charge in [-0.1, -0.05) is 26.0 Å². The van der Waals surface area contributed by atoms with Crippen LogP contribution in [0.1, 0.15) is 29.8 Å². The topological polar surface area (TPSA) is 70.8 Å². The lowest BCUT2D eigenvalue weighted by Gasteiger charge is -2.17. The molecule has 0 fully saturated rings. The van der Waals surface area contributed by atoms with E-state index in [2.05, 4.69) is 18.7 Å². The highest BCUT2D eigenvalue weighted by atomic mass is 16.4. The average Bonchev–Trinajstić information content (AvgIpc) is 2.43. The molecule has 0 bridgehead atoms. The zero-order valence-corrected chi connectivity index (χ0v) is 11.5. The van der Waals surface area contributed by atoms with Crippen LogP contribution in [0.2, 0.25) is 0 Å². The van der Waals surface area contributed by atoms with Crippen LogP contribution in [0.3, 0.4) is 0 Å². The standard InChI is InChI=1S/C15H17NO4/c1-3-16(4-2)9-10-5-6-11-8-12(14(17)18)15(19)20-13(11)7-10/h5-8H,3-4,9H2,1-2H3,(H,17,18). The predicted octanol–water partition coefficient (Wildman–Crippen LogP) is 2.33. The number of carbonyl (C=O) groups is 1. The molecule has 0 amide bonds. The predicted molar refractivity (Wildman–Crippen MR) is 76.1 cm³/mol. The SMILES string of the molecule is CCN(CC)Cc1ccc2cc(C(=O)O)c(=O)oc2c1. The van der Waals surface area contributed by atoms with Crippen LogP contribution in [0.4, 0.5) is 0 Å². The fraction of sp³-hybridized carbons (Fsp3) is 0.333. The van der Waals surface area contributed by atoms with E-state index in [0.29, 0.717) is 11.0 Å². The normalized spacial score (nSPS) is 11.2. The summed E-state index contributed by atoms with van der Waals surface area (Å²) in [5.41, 5.74) is 0.302. The molecule has 1 N–H and O–H groups in total. The lowest BCUT2D eigenvalue weighted by atomic mass is 10.1. The van der Waals surface area contributed by atoms with Crippen molar-refractivity contribution in [3.05, 3.63) is 45.8 Å². The van der Waals surface area contributed by atoms with Crippen LogP contribution >= 0.6 is 0 Å². The lowest BCUT2D eigenvalue weighted by Crippen LogP contribution is -2.22. The average molecular weight is 275 g/mol. The second-order valence-electron chi connectivity index (χ2n) is 4.59. The third-order valence-corrected chi connectivity index (χ3v) is 3.33. The zero-order valence-electron chi connectivity index (χ0n) is 11.5. The summed E-state index contributed by atoms with van der Waals surface area (Å²) in [5.74, 6) is -1.27. The summed E-state index contributed by atoms with van der Waals surface area (Å²) in [6.07, 6.45) is 0. The summed E-state index contributed by atoms with van der Waals surface area (Å²) in [5, 5.41) is 9.51. The van der Waals surface area contributed by atoms with Crippen LogP contribution in [-0.2, 0) is 6.54 Å². The van der Waals surface area contributed by atoms with Gasteiger partial charge in [0.1, 0.15) is 11.1 Å². The molecule has 106 valence electrons. The minimum Gasteiger partial charge on any atom is -0.477 e. The maximum atomic E-state index is 11.6. The number of hydrogen-bond acceptors (Lipinski definition) is 4. The number of fused-ring (bicyclic) bond motifs is 1. The number of nitrogens with zero attached hydrogens (tertiary/aromatic N) is 1. The molecule has 2 aromatic rings. The van der Waals surface area contributed by atoms with E-state index in [-0.39, 0.29) is 5.56 Å². The molecule has 0 saturated carbocycles. The lowest BCUT2D eigenvalue weighted by molar-refractivity contribution is 0.0692. The Morgan fingerprint density at radius 3 is 2.55 bits per heavy atom. The molecule has 5 heteroatoms. The van der Waals surface area contributed by atoms with Gasteiger partial charge in [-0.15, -0.1) is 0 Å². The summed E-state index contributed by atoms with van der Waals surface area (Å²) in [6, 6.07) is 6.85. The molecule has 0 aliphatic heterocycles. The molecule has 0 aliphatic rings. The molecular weight excluding hydrogens is 258 g/mol.